The van der Waals surface area contributed by atoms with E-state index in [2.05, 4.69) is 127 Å². The third-order valence-electron chi connectivity index (χ3n) is 37.9. The van der Waals surface area contributed by atoms with Gasteiger partial charge in [0.2, 0.25) is 0 Å². The second kappa shape index (κ2) is 40.2. The van der Waals surface area contributed by atoms with Crippen LogP contribution in [0.3, 0.4) is 0 Å². The number of methoxy groups -OCH3 is 4. The molecule has 5 amide bonds. The van der Waals surface area contributed by atoms with Crippen LogP contribution in [0.1, 0.15) is 262 Å². The number of nitrogens with zero attached hydrogens (tertiary/aromatic N) is 12. The number of hydrogen-bond acceptors (Lipinski definition) is 22. The molecule has 5 unspecified atom stereocenters. The molecule has 6 heterocycles. The first-order chi connectivity index (χ1) is 72.5. The highest BCUT2D eigenvalue weighted by Gasteiger charge is 2.73. The van der Waals surface area contributed by atoms with Gasteiger partial charge in [-0.15, -0.1) is 0 Å². The van der Waals surface area contributed by atoms with E-state index < -0.39 is 27.7 Å². The molecule has 1 aromatic heterocycles. The first kappa shape index (κ1) is 103. The minimum Gasteiger partial charge on any atom is -0.493 e. The number of halogens is 1. The highest BCUT2D eigenvalue weighted by Crippen LogP contribution is 2.69. The van der Waals surface area contributed by atoms with Crippen LogP contribution in [0.25, 0.3) is 33.4 Å². The molecule has 10 spiro atoms. The normalized spacial score (nSPS) is 31.1. The number of guanidine groups is 5. The van der Waals surface area contributed by atoms with Crippen LogP contribution in [0, 0.1) is 68.0 Å². The van der Waals surface area contributed by atoms with Gasteiger partial charge >= 0.3 is 0 Å². The number of hydrogen-bond donors (Lipinski definition) is 5. The largest absolute Gasteiger partial charge is 0.493 e. The first-order valence-corrected chi connectivity index (χ1v) is 55.3. The Morgan fingerprint density at radius 3 is 1.01 bits per heavy atom. The van der Waals surface area contributed by atoms with Crippen molar-refractivity contribution < 1.29 is 47.7 Å². The molecule has 17 aliphatic rings. The summed E-state index contributed by atoms with van der Waals surface area (Å²) >= 11 is 6.25. The van der Waals surface area contributed by atoms with Gasteiger partial charge in [-0.05, 0) is 382 Å². The average Bonchev–Trinajstić information content (AvgIpc) is 1.52. The molecule has 10 N–H and O–H groups in total. The molecule has 0 bridgehead atoms. The Labute approximate surface area is 886 Å². The lowest BCUT2D eigenvalue weighted by molar-refractivity contribution is -0.138. The number of likely N-dealkylation sites (N-methyl/N-ethyl adjacent to an activating group) is 5. The van der Waals surface area contributed by atoms with Crippen molar-refractivity contribution in [1.29, 1.82) is 5.26 Å². The lowest BCUT2D eigenvalue weighted by atomic mass is 9.60. The van der Waals surface area contributed by atoms with Crippen LogP contribution in [0.4, 0.5) is 0 Å². The van der Waals surface area contributed by atoms with Gasteiger partial charge in [0.25, 0.3) is 29.5 Å². The van der Waals surface area contributed by atoms with Crippen LogP contribution in [-0.2, 0) is 103 Å². The third-order valence-corrected chi connectivity index (χ3v) is 38.1. The van der Waals surface area contributed by atoms with Crippen molar-refractivity contribution in [3.05, 3.63) is 236 Å². The van der Waals surface area contributed by atoms with Gasteiger partial charge in [-0.2, -0.15) is 5.26 Å². The molecule has 12 aliphatic carbocycles. The predicted molar refractivity (Wildman–Crippen MR) is 583 cm³/mol. The highest BCUT2D eigenvalue weighted by atomic mass is 35.5. The van der Waals surface area contributed by atoms with Crippen molar-refractivity contribution in [1.82, 2.24) is 29.5 Å². The Balaban J connectivity index is 0.000000110. The fourth-order valence-corrected chi connectivity index (χ4v) is 29.5. The van der Waals surface area contributed by atoms with Crippen molar-refractivity contribution in [2.24, 2.45) is 98.5 Å². The SMILES string of the molecule is CCN1C(=O)C2(N=C1N)c1cc(-c3cccc(C#N)c3)ccc1CC21CCC(OC)CC1.CCN1C(=O)C2(N=C1N)c1cc(-c3cccc(Cl)c3)ccc1CC21CCC(OC)CC1.CCN1C(=O)C2(N=C1N)c1cc(-c3cccnc3)ccc1CC21CCC(C)CC1.CCN1C(=O)C2(N=C1N)c1cc(C#CC3CC3)ccc1CC21CCC(OC)CC1.CCN1C(=O)C2(N=C1N)c1cc(OCC3CC3)ccc1CC21CCC(OC)CC1. The number of pyridine rings is 1. The van der Waals surface area contributed by atoms with E-state index in [0.717, 1.165) is 240 Å². The molecule has 28 heteroatoms. The Bertz CT molecular complexity index is 6910. The van der Waals surface area contributed by atoms with Crippen molar-refractivity contribution in [2.75, 3.05) is 67.8 Å². The van der Waals surface area contributed by atoms with Gasteiger partial charge in [0, 0.05) is 117 Å². The summed E-state index contributed by atoms with van der Waals surface area (Å²) in [5.41, 5.74) is 44.6. The highest BCUT2D eigenvalue weighted by molar-refractivity contribution is 6.31. The lowest BCUT2D eigenvalue weighted by Gasteiger charge is -2.45. The summed E-state index contributed by atoms with van der Waals surface area (Å²) in [6.45, 7) is 15.5. The maximum absolute atomic E-state index is 14.0. The number of amides is 5. The fraction of sp³-hybridized carbons (Fsp3) is 0.508. The quantitative estimate of drug-likeness (QED) is 0.0595. The van der Waals surface area contributed by atoms with E-state index >= 15 is 0 Å². The second-order valence-corrected chi connectivity index (χ2v) is 45.8. The molecule has 5 atom stereocenters. The summed E-state index contributed by atoms with van der Waals surface area (Å²) in [4.78, 5) is 107. The van der Waals surface area contributed by atoms with Crippen molar-refractivity contribution in [3.63, 3.8) is 0 Å². The number of carbonyl (C=O) groups excluding carboxylic acids is 5. The number of carbonyl (C=O) groups is 5. The molecule has 7 fully saturated rings. The molecular formula is C122H144ClN17O10. The first-order valence-electron chi connectivity index (χ1n) is 54.9. The number of nitrogens with two attached hydrogens (primary N) is 5. The molecule has 784 valence electrons. The van der Waals surface area contributed by atoms with E-state index in [1.807, 2.05) is 89.3 Å². The zero-order valence-corrected chi connectivity index (χ0v) is 89.3. The van der Waals surface area contributed by atoms with Crippen LogP contribution in [0.15, 0.2) is 189 Å². The Morgan fingerprint density at radius 2 is 0.680 bits per heavy atom. The minimum atomic E-state index is -0.982. The smallest absolute Gasteiger partial charge is 0.262 e. The number of aliphatic imine (C=N–C) groups is 5. The molecule has 7 aromatic carbocycles. The number of ether oxygens (including phenoxy) is 5. The van der Waals surface area contributed by atoms with Gasteiger partial charge in [-0.25, -0.2) is 25.0 Å². The van der Waals surface area contributed by atoms with Gasteiger partial charge < -0.3 is 52.4 Å². The maximum atomic E-state index is 14.0. The third kappa shape index (κ3) is 16.6. The van der Waals surface area contributed by atoms with Crippen LogP contribution in [-0.4, -0.2) is 181 Å². The van der Waals surface area contributed by atoms with Gasteiger partial charge in [-0.3, -0.25) is 53.5 Å². The number of fused-ring (bicyclic) bond motifs is 15. The van der Waals surface area contributed by atoms with Crippen LogP contribution < -0.4 is 33.4 Å². The molecule has 0 radical (unpaired) electrons. The van der Waals surface area contributed by atoms with Gasteiger partial charge in [-0.1, -0.05) is 122 Å². The summed E-state index contributed by atoms with van der Waals surface area (Å²) in [6.07, 6.45) is 32.9. The van der Waals surface area contributed by atoms with E-state index in [1.54, 1.807) is 65.2 Å². The number of nitriles is 1. The molecule has 150 heavy (non-hydrogen) atoms. The van der Waals surface area contributed by atoms with E-state index in [4.69, 9.17) is 88.9 Å². The van der Waals surface area contributed by atoms with Crippen molar-refractivity contribution in [2.45, 2.75) is 280 Å². The molecule has 5 aliphatic heterocycles. The van der Waals surface area contributed by atoms with Gasteiger partial charge in [0.05, 0.1) is 42.7 Å². The molecule has 27 nitrogen and oxygen atoms in total. The number of aromatic nitrogens is 1. The summed E-state index contributed by atoms with van der Waals surface area (Å²) in [5, 5.41) is 10.0. The topological polar surface area (TPSA) is 376 Å². The number of rotatable bonds is 15. The standard InChI is InChI=1S/C26H28N4O2.C25H28ClN3O2.C24H28N4O.C24H29N3O2.C23H31N3O3/c1-3-30-23(31)26(29-24(30)28)22-14-19(18-6-4-5-17(13-18)16-27)7-8-20(22)15-25(26)11-9-21(32-2)10-12-25;1-3-29-22(30)25(28-23(29)27)21-14-17(16-5-4-6-19(26)13-16)7-8-18(21)15-24(25)11-9-20(31-2)10-12-24;1-3-28-21(29)24(27-22(28)25)20-13-17(19-5-4-12-26-15-19)6-7-18(20)14-23(24)10-8-16(2)9-11-23;1-3-27-21(28)24(26-22(27)25)20-14-17(7-6-16-4-5-16)8-9-18(20)15-23(24)12-10-19(29-2)11-13-23;1-3-26-20(27)23(25-21(26)24)19-12-18(29-14-15-4-5-15)7-6-16(19)13-22(23)10-8-17(28-2)9-11-22/h4-8,13-14,21H,3,9-12,15H2,1-2H3,(H2,28,29);4-8,13-14,20H,3,9-12,15H2,1-2H3,(H2,27,28);4-7,12-13,15-16H,3,8-11,14H2,1-2H3,(H2,25,27);8-9,14,16,19H,3-5,10-13,15H2,1-2H3,(H2,25,26);6-7,12,15,17H,3-5,8-11,13-14H2,1-2H3,(H2,24,25). The molecule has 25 rings (SSSR count). The average molecular weight is 2040 g/mol. The van der Waals surface area contributed by atoms with E-state index in [9.17, 15) is 29.2 Å². The molecule has 0 saturated heterocycles. The monoisotopic (exact) mass is 2040 g/mol. The van der Waals surface area contributed by atoms with Gasteiger partial charge in [0.15, 0.2) is 57.5 Å². The molecule has 8 aromatic rings. The van der Waals surface area contributed by atoms with Gasteiger partial charge in [0.1, 0.15) is 5.75 Å². The summed E-state index contributed by atoms with van der Waals surface area (Å²) < 4.78 is 28.6. The second-order valence-electron chi connectivity index (χ2n) is 45.4. The predicted octanol–water partition coefficient (Wildman–Crippen LogP) is 18.0. The maximum Gasteiger partial charge on any atom is 0.262 e. The van der Waals surface area contributed by atoms with Crippen LogP contribution in [0.5, 0.6) is 5.75 Å². The van der Waals surface area contributed by atoms with E-state index in [1.165, 1.54) is 53.5 Å². The van der Waals surface area contributed by atoms with Crippen LogP contribution >= 0.6 is 11.6 Å². The van der Waals surface area contributed by atoms with E-state index in [0.29, 0.717) is 90.9 Å². The summed E-state index contributed by atoms with van der Waals surface area (Å²) in [5.74, 6) is 11.3. The van der Waals surface area contributed by atoms with E-state index in [-0.39, 0.29) is 81.0 Å². The zero-order valence-electron chi connectivity index (χ0n) is 88.6. The lowest BCUT2D eigenvalue weighted by Crippen LogP contribution is -2.52. The minimum absolute atomic E-state index is 0.00459. The Hall–Kier alpha value is -12.6. The number of benzene rings is 7. The molecule has 7 saturated carbocycles. The zero-order chi connectivity index (χ0) is 105. The Kier molecular flexibility index (Phi) is 27.6. The summed E-state index contributed by atoms with van der Waals surface area (Å²) in [6, 6.07) is 53.5. The Morgan fingerprint density at radius 1 is 0.360 bits per heavy atom. The van der Waals surface area contributed by atoms with Crippen LogP contribution in [0.2, 0.25) is 5.02 Å². The molecular weight excluding hydrogens is 1900 g/mol. The van der Waals surface area contributed by atoms with Crippen molar-refractivity contribution in [3.8, 4) is 57.0 Å². The fourth-order valence-electron chi connectivity index (χ4n) is 29.3. The summed E-state index contributed by atoms with van der Waals surface area (Å²) in [7, 11) is 7.09. The van der Waals surface area contributed by atoms with Crippen molar-refractivity contribution >= 4 is 70.9 Å².